The molecule has 2 aromatic rings. The first kappa shape index (κ1) is 11.8. The first-order valence-electron chi connectivity index (χ1n) is 5.44. The summed E-state index contributed by atoms with van der Waals surface area (Å²) in [6, 6.07) is 10.1. The molecule has 17 heavy (non-hydrogen) atoms. The molecule has 1 unspecified atom stereocenters. The Morgan fingerprint density at radius 2 is 2.12 bits per heavy atom. The van der Waals surface area contributed by atoms with E-state index in [2.05, 4.69) is 23.7 Å². The molecule has 2 rings (SSSR count). The standard InChI is InChI=1S/C13H16N2OS/c1-9(12-7-4-8-17-12)15-10-5-3-6-11(16-2)13(10)14/h3-9,15H,14H2,1-2H3. The van der Waals surface area contributed by atoms with Crippen molar-refractivity contribution in [3.63, 3.8) is 0 Å². The average molecular weight is 248 g/mol. The van der Waals surface area contributed by atoms with Gasteiger partial charge in [0.1, 0.15) is 5.75 Å². The highest BCUT2D eigenvalue weighted by Gasteiger charge is 2.10. The van der Waals surface area contributed by atoms with Gasteiger partial charge in [-0.15, -0.1) is 11.3 Å². The molecule has 0 aliphatic rings. The Labute approximate surface area is 105 Å². The highest BCUT2D eigenvalue weighted by atomic mass is 32.1. The number of nitrogens with one attached hydrogen (secondary N) is 1. The Kier molecular flexibility index (Phi) is 3.54. The summed E-state index contributed by atoms with van der Waals surface area (Å²) in [7, 11) is 1.62. The molecule has 0 aliphatic carbocycles. The third-order valence-corrected chi connectivity index (χ3v) is 3.68. The number of rotatable bonds is 4. The van der Waals surface area contributed by atoms with Crippen LogP contribution in [-0.2, 0) is 0 Å². The topological polar surface area (TPSA) is 47.3 Å². The van der Waals surface area contributed by atoms with Gasteiger partial charge in [-0.2, -0.15) is 0 Å². The Morgan fingerprint density at radius 3 is 2.76 bits per heavy atom. The van der Waals surface area contributed by atoms with Crippen LogP contribution in [0.4, 0.5) is 11.4 Å². The van der Waals surface area contributed by atoms with Gasteiger partial charge in [0, 0.05) is 4.88 Å². The zero-order chi connectivity index (χ0) is 12.3. The molecule has 3 N–H and O–H groups in total. The molecule has 0 saturated heterocycles. The molecule has 90 valence electrons. The number of nitrogen functional groups attached to an aromatic ring is 1. The molecule has 3 nitrogen and oxygen atoms in total. The molecular weight excluding hydrogens is 232 g/mol. The summed E-state index contributed by atoms with van der Waals surface area (Å²) in [6.07, 6.45) is 0. The van der Waals surface area contributed by atoms with E-state index in [1.165, 1.54) is 4.88 Å². The molecule has 0 aliphatic heterocycles. The molecule has 1 atom stereocenters. The monoisotopic (exact) mass is 248 g/mol. The van der Waals surface area contributed by atoms with Gasteiger partial charge in [-0.25, -0.2) is 0 Å². The molecular formula is C13H16N2OS. The van der Waals surface area contributed by atoms with E-state index in [0.29, 0.717) is 11.4 Å². The minimum atomic E-state index is 0.240. The third-order valence-electron chi connectivity index (χ3n) is 2.63. The molecule has 0 saturated carbocycles. The van der Waals surface area contributed by atoms with Gasteiger partial charge in [0.15, 0.2) is 0 Å². The first-order chi connectivity index (χ1) is 8.22. The number of anilines is 2. The smallest absolute Gasteiger partial charge is 0.143 e. The van der Waals surface area contributed by atoms with Crippen LogP contribution in [0.5, 0.6) is 5.75 Å². The van der Waals surface area contributed by atoms with Crippen molar-refractivity contribution >= 4 is 22.7 Å². The van der Waals surface area contributed by atoms with E-state index in [9.17, 15) is 0 Å². The number of hydrogen-bond donors (Lipinski definition) is 2. The molecule has 0 radical (unpaired) electrons. The molecule has 1 heterocycles. The van der Waals surface area contributed by atoms with Crippen LogP contribution in [0.25, 0.3) is 0 Å². The largest absolute Gasteiger partial charge is 0.495 e. The van der Waals surface area contributed by atoms with Crippen LogP contribution in [0.3, 0.4) is 0 Å². The maximum absolute atomic E-state index is 6.01. The van der Waals surface area contributed by atoms with E-state index in [-0.39, 0.29) is 6.04 Å². The van der Waals surface area contributed by atoms with Crippen LogP contribution in [0, 0.1) is 0 Å². The van der Waals surface area contributed by atoms with E-state index in [0.717, 1.165) is 5.69 Å². The minimum Gasteiger partial charge on any atom is -0.495 e. The Hall–Kier alpha value is -1.68. The predicted octanol–water partition coefficient (Wildman–Crippen LogP) is 3.51. The van der Waals surface area contributed by atoms with Crippen LogP contribution in [0.1, 0.15) is 17.8 Å². The molecule has 1 aromatic carbocycles. The first-order valence-corrected chi connectivity index (χ1v) is 6.32. The number of hydrogen-bond acceptors (Lipinski definition) is 4. The van der Waals surface area contributed by atoms with Gasteiger partial charge >= 0.3 is 0 Å². The van der Waals surface area contributed by atoms with Crippen molar-refractivity contribution in [2.75, 3.05) is 18.2 Å². The lowest BCUT2D eigenvalue weighted by Crippen LogP contribution is -2.07. The minimum absolute atomic E-state index is 0.240. The zero-order valence-electron chi connectivity index (χ0n) is 9.94. The Balaban J connectivity index is 2.19. The third kappa shape index (κ3) is 2.53. The molecule has 0 spiro atoms. The average Bonchev–Trinajstić information content (AvgIpc) is 2.85. The van der Waals surface area contributed by atoms with Crippen molar-refractivity contribution < 1.29 is 4.74 Å². The molecule has 4 heteroatoms. The van der Waals surface area contributed by atoms with E-state index < -0.39 is 0 Å². The second-order valence-corrected chi connectivity index (χ2v) is 4.78. The van der Waals surface area contributed by atoms with E-state index in [1.54, 1.807) is 18.4 Å². The van der Waals surface area contributed by atoms with E-state index >= 15 is 0 Å². The lowest BCUT2D eigenvalue weighted by molar-refractivity contribution is 0.417. The summed E-state index contributed by atoms with van der Waals surface area (Å²) in [5, 5.41) is 5.46. The van der Waals surface area contributed by atoms with E-state index in [1.807, 2.05) is 24.3 Å². The van der Waals surface area contributed by atoms with Gasteiger partial charge in [0.2, 0.25) is 0 Å². The van der Waals surface area contributed by atoms with Crippen molar-refractivity contribution in [2.45, 2.75) is 13.0 Å². The highest BCUT2D eigenvalue weighted by Crippen LogP contribution is 2.32. The lowest BCUT2D eigenvalue weighted by Gasteiger charge is -2.16. The number of para-hydroxylation sites is 1. The molecule has 0 bridgehead atoms. The van der Waals surface area contributed by atoms with Crippen molar-refractivity contribution in [1.82, 2.24) is 0 Å². The summed E-state index contributed by atoms with van der Waals surface area (Å²) in [5.41, 5.74) is 7.57. The van der Waals surface area contributed by atoms with Crippen LogP contribution < -0.4 is 15.8 Å². The van der Waals surface area contributed by atoms with E-state index in [4.69, 9.17) is 10.5 Å². The van der Waals surface area contributed by atoms with Gasteiger partial charge in [0.05, 0.1) is 24.5 Å². The summed E-state index contributed by atoms with van der Waals surface area (Å²) >= 11 is 1.73. The Bertz CT molecular complexity index is 482. The molecule has 0 amide bonds. The second-order valence-electron chi connectivity index (χ2n) is 3.80. The maximum Gasteiger partial charge on any atom is 0.143 e. The van der Waals surface area contributed by atoms with Crippen molar-refractivity contribution in [1.29, 1.82) is 0 Å². The summed E-state index contributed by atoms with van der Waals surface area (Å²) in [6.45, 7) is 2.12. The summed E-state index contributed by atoms with van der Waals surface area (Å²) in [4.78, 5) is 1.28. The van der Waals surface area contributed by atoms with Crippen molar-refractivity contribution in [3.8, 4) is 5.75 Å². The van der Waals surface area contributed by atoms with Gasteiger partial charge < -0.3 is 15.8 Å². The summed E-state index contributed by atoms with van der Waals surface area (Å²) < 4.78 is 5.20. The Morgan fingerprint density at radius 1 is 1.29 bits per heavy atom. The van der Waals surface area contributed by atoms with Crippen molar-refractivity contribution in [3.05, 3.63) is 40.6 Å². The second kappa shape index (κ2) is 5.10. The zero-order valence-corrected chi connectivity index (χ0v) is 10.8. The fourth-order valence-corrected chi connectivity index (χ4v) is 2.42. The fourth-order valence-electron chi connectivity index (χ4n) is 1.69. The van der Waals surface area contributed by atoms with Gasteiger partial charge in [-0.1, -0.05) is 12.1 Å². The molecule has 0 fully saturated rings. The van der Waals surface area contributed by atoms with Crippen LogP contribution >= 0.6 is 11.3 Å². The van der Waals surface area contributed by atoms with Crippen LogP contribution in [0.2, 0.25) is 0 Å². The summed E-state index contributed by atoms with van der Waals surface area (Å²) in [5.74, 6) is 0.702. The lowest BCUT2D eigenvalue weighted by atomic mass is 10.2. The number of ether oxygens (including phenoxy) is 1. The number of thiophene rings is 1. The number of methoxy groups -OCH3 is 1. The number of benzene rings is 1. The van der Waals surface area contributed by atoms with Gasteiger partial charge in [0.25, 0.3) is 0 Å². The number of nitrogens with two attached hydrogens (primary N) is 1. The SMILES string of the molecule is COc1cccc(NC(C)c2cccs2)c1N. The van der Waals surface area contributed by atoms with Crippen LogP contribution in [0.15, 0.2) is 35.7 Å². The highest BCUT2D eigenvalue weighted by molar-refractivity contribution is 7.10. The fraction of sp³-hybridized carbons (Fsp3) is 0.231. The van der Waals surface area contributed by atoms with Gasteiger partial charge in [-0.3, -0.25) is 0 Å². The quantitative estimate of drug-likeness (QED) is 0.814. The molecule has 1 aromatic heterocycles. The maximum atomic E-state index is 6.01. The van der Waals surface area contributed by atoms with Crippen LogP contribution in [-0.4, -0.2) is 7.11 Å². The van der Waals surface area contributed by atoms with Gasteiger partial charge in [-0.05, 0) is 30.5 Å². The normalized spacial score (nSPS) is 12.1. The predicted molar refractivity (Wildman–Crippen MR) is 73.8 cm³/mol. The van der Waals surface area contributed by atoms with Crippen molar-refractivity contribution in [2.24, 2.45) is 0 Å².